The fraction of sp³-hybridized carbons (Fsp3) is 0.875. The number of rotatable bonds is 2. The summed E-state index contributed by atoms with van der Waals surface area (Å²) in [5, 5.41) is 8.74. The minimum atomic E-state index is -1.51. The van der Waals surface area contributed by atoms with Crippen LogP contribution < -0.4 is 11.5 Å². The van der Waals surface area contributed by atoms with E-state index in [9.17, 15) is 4.79 Å². The molecule has 4 heteroatoms. The first-order chi connectivity index (χ1) is 5.55. The van der Waals surface area contributed by atoms with E-state index in [4.69, 9.17) is 16.6 Å². The molecule has 1 fully saturated rings. The van der Waals surface area contributed by atoms with E-state index in [1.807, 2.05) is 0 Å². The Bertz CT molecular complexity index is 174. The molecule has 5 N–H and O–H groups in total. The maximum absolute atomic E-state index is 10.7. The topological polar surface area (TPSA) is 89.3 Å². The number of hydrogen-bond acceptors (Lipinski definition) is 3. The zero-order valence-corrected chi connectivity index (χ0v) is 7.12. The van der Waals surface area contributed by atoms with Crippen LogP contribution in [0.15, 0.2) is 0 Å². The van der Waals surface area contributed by atoms with Crippen LogP contribution in [0.25, 0.3) is 0 Å². The molecule has 1 aliphatic rings. The van der Waals surface area contributed by atoms with Crippen LogP contribution in [-0.2, 0) is 4.79 Å². The van der Waals surface area contributed by atoms with Gasteiger partial charge >= 0.3 is 5.97 Å². The van der Waals surface area contributed by atoms with Crippen molar-refractivity contribution in [3.05, 3.63) is 0 Å². The molecule has 0 bridgehead atoms. The summed E-state index contributed by atoms with van der Waals surface area (Å²) in [6, 6.07) is 0. The first-order valence-corrected chi connectivity index (χ1v) is 4.36. The lowest BCUT2D eigenvalue weighted by Crippen LogP contribution is -2.62. The van der Waals surface area contributed by atoms with Crippen molar-refractivity contribution in [1.29, 1.82) is 0 Å². The van der Waals surface area contributed by atoms with Crippen molar-refractivity contribution >= 4 is 5.97 Å². The smallest absolute Gasteiger partial charge is 0.338 e. The van der Waals surface area contributed by atoms with E-state index in [-0.39, 0.29) is 5.92 Å². The molecule has 0 aromatic carbocycles. The Labute approximate surface area is 71.9 Å². The lowest BCUT2D eigenvalue weighted by molar-refractivity contribution is -0.146. The Balaban J connectivity index is 2.59. The molecule has 0 unspecified atom stereocenters. The third-order valence-corrected chi connectivity index (χ3v) is 2.65. The second-order valence-corrected chi connectivity index (χ2v) is 3.57. The van der Waals surface area contributed by atoms with E-state index in [0.29, 0.717) is 0 Å². The van der Waals surface area contributed by atoms with Crippen LogP contribution >= 0.6 is 0 Å². The van der Waals surface area contributed by atoms with Gasteiger partial charge in [-0.05, 0) is 12.8 Å². The first-order valence-electron chi connectivity index (χ1n) is 4.36. The number of carboxylic acid groups (broad SMARTS) is 1. The van der Waals surface area contributed by atoms with Crippen LogP contribution in [-0.4, -0.2) is 16.7 Å². The molecule has 0 spiro atoms. The highest BCUT2D eigenvalue weighted by molar-refractivity contribution is 5.77. The van der Waals surface area contributed by atoms with Gasteiger partial charge in [0, 0.05) is 5.92 Å². The van der Waals surface area contributed by atoms with Crippen LogP contribution in [0.3, 0.4) is 0 Å². The maximum atomic E-state index is 10.7. The normalized spacial score (nSPS) is 20.8. The number of carboxylic acids is 1. The Morgan fingerprint density at radius 1 is 1.25 bits per heavy atom. The highest BCUT2D eigenvalue weighted by atomic mass is 16.4. The third-order valence-electron chi connectivity index (χ3n) is 2.65. The van der Waals surface area contributed by atoms with E-state index < -0.39 is 11.6 Å². The fourth-order valence-corrected chi connectivity index (χ4v) is 1.75. The van der Waals surface area contributed by atoms with Gasteiger partial charge in [-0.2, -0.15) is 0 Å². The zero-order chi connectivity index (χ0) is 9.19. The predicted octanol–water partition coefficient (Wildman–Crippen LogP) is 0.265. The summed E-state index contributed by atoms with van der Waals surface area (Å²) >= 11 is 0. The molecule has 0 aliphatic heterocycles. The molecule has 1 saturated carbocycles. The number of carbonyl (C=O) groups is 1. The van der Waals surface area contributed by atoms with Gasteiger partial charge in [-0.15, -0.1) is 0 Å². The highest BCUT2D eigenvalue weighted by Crippen LogP contribution is 2.28. The van der Waals surface area contributed by atoms with E-state index in [2.05, 4.69) is 0 Å². The molecule has 0 heterocycles. The van der Waals surface area contributed by atoms with E-state index in [1.165, 1.54) is 6.42 Å². The Morgan fingerprint density at radius 3 is 2.17 bits per heavy atom. The highest BCUT2D eigenvalue weighted by Gasteiger charge is 2.38. The van der Waals surface area contributed by atoms with E-state index >= 15 is 0 Å². The monoisotopic (exact) mass is 172 g/mol. The van der Waals surface area contributed by atoms with Gasteiger partial charge in [0.2, 0.25) is 0 Å². The molecular weight excluding hydrogens is 156 g/mol. The van der Waals surface area contributed by atoms with Gasteiger partial charge in [0.1, 0.15) is 0 Å². The van der Waals surface area contributed by atoms with Gasteiger partial charge in [-0.3, -0.25) is 0 Å². The van der Waals surface area contributed by atoms with E-state index in [0.717, 1.165) is 25.7 Å². The van der Waals surface area contributed by atoms with Crippen molar-refractivity contribution < 1.29 is 9.90 Å². The second kappa shape index (κ2) is 3.41. The molecule has 4 nitrogen and oxygen atoms in total. The molecule has 1 rings (SSSR count). The third kappa shape index (κ3) is 1.76. The Hall–Kier alpha value is -0.610. The number of nitrogens with two attached hydrogens (primary N) is 2. The maximum Gasteiger partial charge on any atom is 0.338 e. The summed E-state index contributed by atoms with van der Waals surface area (Å²) in [7, 11) is 0. The van der Waals surface area contributed by atoms with E-state index in [1.54, 1.807) is 0 Å². The summed E-state index contributed by atoms with van der Waals surface area (Å²) < 4.78 is 0. The van der Waals surface area contributed by atoms with Gasteiger partial charge in [-0.1, -0.05) is 19.3 Å². The lowest BCUT2D eigenvalue weighted by Gasteiger charge is -2.32. The molecule has 70 valence electrons. The Morgan fingerprint density at radius 2 is 1.75 bits per heavy atom. The molecule has 12 heavy (non-hydrogen) atoms. The molecular formula is C8H16N2O2. The molecule has 0 aromatic rings. The standard InChI is InChI=1S/C8H16N2O2/c9-8(10,7(11)12)6-4-2-1-3-5-6/h6H,1-5,9-10H2,(H,11,12). The molecule has 1 aliphatic carbocycles. The molecule has 0 aromatic heterocycles. The van der Waals surface area contributed by atoms with Crippen LogP contribution in [0.4, 0.5) is 0 Å². The quantitative estimate of drug-likeness (QED) is 0.521. The SMILES string of the molecule is NC(N)(C(=O)O)C1CCCCC1. The molecule has 0 atom stereocenters. The first kappa shape index (κ1) is 9.48. The average Bonchev–Trinajstić information content (AvgIpc) is 2.06. The average molecular weight is 172 g/mol. The molecule has 0 amide bonds. The summed E-state index contributed by atoms with van der Waals surface area (Å²) in [5.41, 5.74) is 9.51. The lowest BCUT2D eigenvalue weighted by atomic mass is 9.80. The summed E-state index contributed by atoms with van der Waals surface area (Å²) in [6.45, 7) is 0. The van der Waals surface area contributed by atoms with Crippen LogP contribution in [0, 0.1) is 5.92 Å². The fourth-order valence-electron chi connectivity index (χ4n) is 1.75. The minimum Gasteiger partial charge on any atom is -0.479 e. The second-order valence-electron chi connectivity index (χ2n) is 3.57. The largest absolute Gasteiger partial charge is 0.479 e. The van der Waals surface area contributed by atoms with Crippen LogP contribution in [0.2, 0.25) is 0 Å². The van der Waals surface area contributed by atoms with Crippen molar-refractivity contribution in [3.63, 3.8) is 0 Å². The van der Waals surface area contributed by atoms with Crippen LogP contribution in [0.5, 0.6) is 0 Å². The van der Waals surface area contributed by atoms with Gasteiger partial charge in [-0.25, -0.2) is 4.79 Å². The Kier molecular flexibility index (Phi) is 2.69. The van der Waals surface area contributed by atoms with Crippen molar-refractivity contribution in [1.82, 2.24) is 0 Å². The van der Waals surface area contributed by atoms with Crippen molar-refractivity contribution in [2.75, 3.05) is 0 Å². The van der Waals surface area contributed by atoms with Crippen LogP contribution in [0.1, 0.15) is 32.1 Å². The predicted molar refractivity (Wildman–Crippen MR) is 45.3 cm³/mol. The van der Waals surface area contributed by atoms with Gasteiger partial charge < -0.3 is 16.6 Å². The zero-order valence-electron chi connectivity index (χ0n) is 7.12. The van der Waals surface area contributed by atoms with Crippen molar-refractivity contribution in [2.45, 2.75) is 37.8 Å². The van der Waals surface area contributed by atoms with Gasteiger partial charge in [0.25, 0.3) is 0 Å². The van der Waals surface area contributed by atoms with Gasteiger partial charge in [0.05, 0.1) is 0 Å². The summed E-state index contributed by atoms with van der Waals surface area (Å²) in [5.74, 6) is -1.14. The van der Waals surface area contributed by atoms with Crippen molar-refractivity contribution in [2.24, 2.45) is 17.4 Å². The molecule has 0 saturated heterocycles. The van der Waals surface area contributed by atoms with Gasteiger partial charge in [0.15, 0.2) is 5.66 Å². The number of aliphatic carboxylic acids is 1. The summed E-state index contributed by atoms with van der Waals surface area (Å²) in [4.78, 5) is 10.7. The minimum absolute atomic E-state index is 0.0521. The van der Waals surface area contributed by atoms with Crippen molar-refractivity contribution in [3.8, 4) is 0 Å². The molecule has 0 radical (unpaired) electrons. The summed E-state index contributed by atoms with van der Waals surface area (Å²) in [6.07, 6.45) is 4.97. The number of hydrogen-bond donors (Lipinski definition) is 3.